The van der Waals surface area contributed by atoms with Crippen LogP contribution in [0, 0.1) is 5.82 Å². The number of thiazole rings is 1. The lowest BCUT2D eigenvalue weighted by Crippen LogP contribution is -2.40. The second-order valence-corrected chi connectivity index (χ2v) is 12.8. The molecular weight excluding hydrogens is 699 g/mol. The molecule has 0 amide bonds. The van der Waals surface area contributed by atoms with Gasteiger partial charge in [0.25, 0.3) is 5.56 Å². The van der Waals surface area contributed by atoms with E-state index in [2.05, 4.69) is 20.9 Å². The highest BCUT2D eigenvalue weighted by Gasteiger charge is 2.34. The zero-order chi connectivity index (χ0) is 33.1. The molecule has 0 unspecified atom stereocenters. The van der Waals surface area contributed by atoms with Crippen LogP contribution in [-0.4, -0.2) is 30.4 Å². The van der Waals surface area contributed by atoms with Crippen molar-refractivity contribution in [2.75, 3.05) is 13.7 Å². The van der Waals surface area contributed by atoms with Crippen LogP contribution in [-0.2, 0) is 16.1 Å². The third kappa shape index (κ3) is 6.91. The van der Waals surface area contributed by atoms with Crippen molar-refractivity contribution in [3.63, 3.8) is 0 Å². The van der Waals surface area contributed by atoms with Crippen molar-refractivity contribution in [1.29, 1.82) is 0 Å². The molecule has 2 heterocycles. The van der Waals surface area contributed by atoms with Crippen LogP contribution in [0.1, 0.15) is 50.4 Å². The lowest BCUT2D eigenvalue weighted by atomic mass is 9.95. The monoisotopic (exact) mass is 728 g/mol. The highest BCUT2D eigenvalue weighted by atomic mass is 79.9. The lowest BCUT2D eigenvalue weighted by Gasteiger charge is -2.25. The summed E-state index contributed by atoms with van der Waals surface area (Å²) in [7, 11) is 1.53. The van der Waals surface area contributed by atoms with Gasteiger partial charge in [-0.05, 0) is 91.2 Å². The molecule has 0 radical (unpaired) electrons. The summed E-state index contributed by atoms with van der Waals surface area (Å²) in [5.41, 5.74) is 1.98. The Labute approximate surface area is 282 Å². The van der Waals surface area contributed by atoms with E-state index < -0.39 is 12.0 Å². The molecule has 1 atom stereocenters. The fraction of sp³-hybridized carbons (Fsp3) is 0.265. The maximum absolute atomic E-state index is 14.1. The van der Waals surface area contributed by atoms with Gasteiger partial charge in [-0.1, -0.05) is 47.2 Å². The highest BCUT2D eigenvalue weighted by molar-refractivity contribution is 9.10. The van der Waals surface area contributed by atoms with Gasteiger partial charge in [-0.3, -0.25) is 9.36 Å². The molecule has 0 N–H and O–H groups in total. The van der Waals surface area contributed by atoms with Crippen LogP contribution in [0.25, 0.3) is 6.08 Å². The number of nitrogens with zero attached hydrogens (tertiary/aromatic N) is 2. The van der Waals surface area contributed by atoms with E-state index in [1.807, 2.05) is 13.8 Å². The van der Waals surface area contributed by atoms with E-state index in [4.69, 9.17) is 30.5 Å². The smallest absolute Gasteiger partial charge is 0.338 e. The summed E-state index contributed by atoms with van der Waals surface area (Å²) < 4.78 is 39.2. The van der Waals surface area contributed by atoms with Gasteiger partial charge in [-0.25, -0.2) is 14.2 Å². The number of fused-ring (bicyclic) bond motifs is 1. The Kier molecular flexibility index (Phi) is 10.3. The molecular formula is C34H31BrClFN2O6S. The van der Waals surface area contributed by atoms with Gasteiger partial charge in [0, 0.05) is 5.56 Å². The molecule has 0 saturated carbocycles. The fourth-order valence-electron chi connectivity index (χ4n) is 5.03. The number of allylic oxidation sites excluding steroid dienone is 1. The Bertz CT molecular complexity index is 2000. The topological polar surface area (TPSA) is 88.4 Å². The molecule has 0 saturated heterocycles. The normalized spacial score (nSPS) is 14.6. The molecule has 46 heavy (non-hydrogen) atoms. The first-order valence-corrected chi connectivity index (χ1v) is 16.4. The number of aromatic nitrogens is 1. The Morgan fingerprint density at radius 1 is 1.17 bits per heavy atom. The Hall–Kier alpha value is -3.93. The van der Waals surface area contributed by atoms with Crippen LogP contribution in [0.15, 0.2) is 80.1 Å². The number of esters is 1. The molecule has 0 aliphatic carbocycles. The van der Waals surface area contributed by atoms with E-state index in [9.17, 15) is 14.0 Å². The van der Waals surface area contributed by atoms with Gasteiger partial charge in [0.1, 0.15) is 12.4 Å². The fourth-order valence-corrected chi connectivity index (χ4v) is 7.07. The van der Waals surface area contributed by atoms with Gasteiger partial charge in [0.15, 0.2) is 22.0 Å². The molecule has 4 aromatic rings. The third-order valence-corrected chi connectivity index (χ3v) is 8.88. The zero-order valence-electron chi connectivity index (χ0n) is 25.7. The van der Waals surface area contributed by atoms with E-state index in [1.165, 1.54) is 29.1 Å². The van der Waals surface area contributed by atoms with Crippen LogP contribution in [0.5, 0.6) is 17.2 Å². The second kappa shape index (κ2) is 14.2. The maximum Gasteiger partial charge on any atom is 0.338 e. The number of hydrogen-bond donors (Lipinski definition) is 0. The molecule has 12 heteroatoms. The number of rotatable bonds is 10. The quantitative estimate of drug-likeness (QED) is 0.168. The summed E-state index contributed by atoms with van der Waals surface area (Å²) in [4.78, 5) is 32.4. The van der Waals surface area contributed by atoms with E-state index in [1.54, 1.807) is 68.5 Å². The number of carbonyl (C=O) groups excluding carboxylic acids is 1. The summed E-state index contributed by atoms with van der Waals surface area (Å²) in [6.07, 6.45) is 1.61. The molecule has 240 valence electrons. The largest absolute Gasteiger partial charge is 0.493 e. The van der Waals surface area contributed by atoms with Gasteiger partial charge in [-0.15, -0.1) is 0 Å². The van der Waals surface area contributed by atoms with Crippen molar-refractivity contribution in [2.45, 2.75) is 46.4 Å². The molecule has 0 bridgehead atoms. The Morgan fingerprint density at radius 2 is 1.93 bits per heavy atom. The number of halogens is 3. The molecule has 1 aliphatic heterocycles. The van der Waals surface area contributed by atoms with Crippen molar-refractivity contribution < 1.29 is 28.1 Å². The Balaban J connectivity index is 1.58. The summed E-state index contributed by atoms with van der Waals surface area (Å²) in [5, 5.41) is 0.277. The van der Waals surface area contributed by atoms with Crippen LogP contribution in [0.2, 0.25) is 5.02 Å². The average Bonchev–Trinajstić information content (AvgIpc) is 3.30. The zero-order valence-corrected chi connectivity index (χ0v) is 28.9. The van der Waals surface area contributed by atoms with Gasteiger partial charge >= 0.3 is 5.97 Å². The van der Waals surface area contributed by atoms with E-state index in [-0.39, 0.29) is 41.3 Å². The predicted molar refractivity (Wildman–Crippen MR) is 179 cm³/mol. The standard InChI is InChI=1S/C34H31BrClFN2O6S/c1-6-43-33(41)29-19(4)38-34-39(30(29)21-11-12-26(45-18(2)3)27(16-21)42-5)32(40)28(46-34)15-20-13-23(35)31(24(36)14-20)44-17-22-9-7-8-10-25(22)37/h7-16,18,30H,6,17H2,1-5H3/b28-15-/t30-/m0/s1. The van der Waals surface area contributed by atoms with Crippen molar-refractivity contribution in [2.24, 2.45) is 4.99 Å². The molecule has 0 fully saturated rings. The third-order valence-electron chi connectivity index (χ3n) is 7.03. The SMILES string of the molecule is CCOC(=O)C1=C(C)N=c2s/c(=C\c3cc(Cl)c(OCc4ccccc4F)c(Br)c3)c(=O)n2[C@H]1c1ccc(OC(C)C)c(OC)c1. The van der Waals surface area contributed by atoms with E-state index in [0.717, 1.165) is 0 Å². The summed E-state index contributed by atoms with van der Waals surface area (Å²) in [5.74, 6) is 0.404. The summed E-state index contributed by atoms with van der Waals surface area (Å²) in [6, 6.07) is 14.2. The molecule has 5 rings (SSSR count). The minimum absolute atomic E-state index is 0.0134. The predicted octanol–water partition coefficient (Wildman–Crippen LogP) is 6.73. The first-order valence-electron chi connectivity index (χ1n) is 14.4. The molecule has 1 aromatic heterocycles. The molecule has 0 spiro atoms. The first-order chi connectivity index (χ1) is 22.0. The van der Waals surface area contributed by atoms with Gasteiger partial charge in [0.05, 0.1) is 51.2 Å². The highest BCUT2D eigenvalue weighted by Crippen LogP contribution is 2.37. The van der Waals surface area contributed by atoms with Crippen LogP contribution in [0.4, 0.5) is 4.39 Å². The van der Waals surface area contributed by atoms with Crippen molar-refractivity contribution >= 4 is 50.9 Å². The minimum atomic E-state index is -0.830. The van der Waals surface area contributed by atoms with Crippen LogP contribution in [0.3, 0.4) is 0 Å². The van der Waals surface area contributed by atoms with E-state index >= 15 is 0 Å². The van der Waals surface area contributed by atoms with Crippen LogP contribution < -0.4 is 29.1 Å². The molecule has 1 aliphatic rings. The minimum Gasteiger partial charge on any atom is -0.493 e. The maximum atomic E-state index is 14.1. The second-order valence-electron chi connectivity index (χ2n) is 10.6. The van der Waals surface area contributed by atoms with E-state index in [0.29, 0.717) is 53.4 Å². The van der Waals surface area contributed by atoms with Crippen molar-refractivity contribution in [1.82, 2.24) is 4.57 Å². The van der Waals surface area contributed by atoms with Gasteiger partial charge < -0.3 is 18.9 Å². The molecule has 3 aromatic carbocycles. The van der Waals surface area contributed by atoms with Gasteiger partial charge in [-0.2, -0.15) is 0 Å². The number of benzene rings is 3. The summed E-state index contributed by atoms with van der Waals surface area (Å²) in [6.45, 7) is 7.41. The van der Waals surface area contributed by atoms with Crippen LogP contribution >= 0.6 is 38.9 Å². The molecule has 8 nitrogen and oxygen atoms in total. The first kappa shape index (κ1) is 33.4. The van der Waals surface area contributed by atoms with Crippen molar-refractivity contribution in [3.8, 4) is 17.2 Å². The summed E-state index contributed by atoms with van der Waals surface area (Å²) >= 11 is 11.3. The number of ether oxygens (including phenoxy) is 4. The Morgan fingerprint density at radius 3 is 2.61 bits per heavy atom. The lowest BCUT2D eigenvalue weighted by molar-refractivity contribution is -0.139. The number of hydrogen-bond acceptors (Lipinski definition) is 8. The number of carbonyl (C=O) groups is 1. The van der Waals surface area contributed by atoms with Crippen molar-refractivity contribution in [3.05, 3.63) is 118 Å². The van der Waals surface area contributed by atoms with Gasteiger partial charge in [0.2, 0.25) is 0 Å². The number of methoxy groups -OCH3 is 1. The average molecular weight is 730 g/mol.